The molecule has 0 spiro atoms. The maximum Gasteiger partial charge on any atom is 0.329 e. The van der Waals surface area contributed by atoms with Crippen LogP contribution in [-0.4, -0.2) is 30.3 Å². The summed E-state index contributed by atoms with van der Waals surface area (Å²) >= 11 is 0. The number of carbonyl (C=O) groups is 3. The van der Waals surface area contributed by atoms with Gasteiger partial charge in [0, 0.05) is 5.56 Å². The quantitative estimate of drug-likeness (QED) is 0.405. The number of esters is 1. The van der Waals surface area contributed by atoms with Gasteiger partial charge in [0.05, 0.1) is 5.92 Å². The lowest BCUT2D eigenvalue weighted by atomic mass is 9.90. The van der Waals surface area contributed by atoms with Gasteiger partial charge in [0.2, 0.25) is 5.91 Å². The van der Waals surface area contributed by atoms with E-state index in [4.69, 9.17) is 4.74 Å². The van der Waals surface area contributed by atoms with Crippen LogP contribution in [0.3, 0.4) is 0 Å². The summed E-state index contributed by atoms with van der Waals surface area (Å²) in [6.45, 7) is 3.28. The van der Waals surface area contributed by atoms with Gasteiger partial charge in [-0.2, -0.15) is 0 Å². The molecule has 0 heterocycles. The zero-order valence-corrected chi connectivity index (χ0v) is 18.2. The highest BCUT2D eigenvalue weighted by atomic mass is 16.5. The minimum absolute atomic E-state index is 0.217. The number of carbonyl (C=O) groups excluding carboxylic acids is 3. The van der Waals surface area contributed by atoms with E-state index in [1.807, 2.05) is 80.6 Å². The van der Waals surface area contributed by atoms with Crippen molar-refractivity contribution < 1.29 is 19.1 Å². The monoisotopic (exact) mass is 429 g/mol. The van der Waals surface area contributed by atoms with Crippen LogP contribution in [-0.2, 0) is 14.3 Å². The molecule has 1 amide bonds. The molecule has 5 nitrogen and oxygen atoms in total. The zero-order valence-electron chi connectivity index (χ0n) is 18.2. The summed E-state index contributed by atoms with van der Waals surface area (Å²) < 4.78 is 5.27. The molecule has 3 aromatic carbocycles. The standard InChI is InChI=1S/C27H27NO4/c1-19(2)25(27(31)32-18-23(29)20-12-6-3-7-13-20)28-26(30)24(21-14-8-4-9-15-21)22-16-10-5-11-17-22/h3-17,19,24-25H,18H2,1-2H3,(H,28,30). The van der Waals surface area contributed by atoms with Gasteiger partial charge < -0.3 is 10.1 Å². The van der Waals surface area contributed by atoms with Crippen LogP contribution in [0.25, 0.3) is 0 Å². The second kappa shape index (κ2) is 11.0. The van der Waals surface area contributed by atoms with Crippen LogP contribution in [0.2, 0.25) is 0 Å². The minimum Gasteiger partial charge on any atom is -0.456 e. The van der Waals surface area contributed by atoms with E-state index < -0.39 is 17.9 Å². The molecule has 0 aliphatic heterocycles. The number of nitrogens with one attached hydrogen (secondary N) is 1. The molecule has 0 bridgehead atoms. The average molecular weight is 430 g/mol. The van der Waals surface area contributed by atoms with Gasteiger partial charge in [-0.1, -0.05) is 105 Å². The van der Waals surface area contributed by atoms with E-state index >= 15 is 0 Å². The fourth-order valence-corrected chi connectivity index (χ4v) is 3.45. The van der Waals surface area contributed by atoms with Gasteiger partial charge in [-0.05, 0) is 17.0 Å². The smallest absolute Gasteiger partial charge is 0.329 e. The van der Waals surface area contributed by atoms with Crippen LogP contribution in [0.15, 0.2) is 91.0 Å². The van der Waals surface area contributed by atoms with Crippen LogP contribution in [0.1, 0.15) is 41.3 Å². The van der Waals surface area contributed by atoms with Gasteiger partial charge in [-0.25, -0.2) is 4.79 Å². The molecule has 164 valence electrons. The Morgan fingerprint density at radius 1 is 0.750 bits per heavy atom. The number of hydrogen-bond donors (Lipinski definition) is 1. The Kier molecular flexibility index (Phi) is 7.92. The number of ether oxygens (including phenoxy) is 1. The predicted octanol–water partition coefficient (Wildman–Crippen LogP) is 4.39. The molecule has 0 saturated carbocycles. The first-order valence-electron chi connectivity index (χ1n) is 10.6. The van der Waals surface area contributed by atoms with Gasteiger partial charge in [-0.3, -0.25) is 9.59 Å². The Labute approximate surface area is 188 Å². The van der Waals surface area contributed by atoms with Crippen LogP contribution in [0.5, 0.6) is 0 Å². The van der Waals surface area contributed by atoms with E-state index in [0.717, 1.165) is 11.1 Å². The summed E-state index contributed by atoms with van der Waals surface area (Å²) in [7, 11) is 0. The second-order valence-electron chi connectivity index (χ2n) is 7.88. The van der Waals surface area contributed by atoms with E-state index in [9.17, 15) is 14.4 Å². The number of hydrogen-bond acceptors (Lipinski definition) is 4. The molecule has 0 aliphatic rings. The Bertz CT molecular complexity index is 994. The first-order valence-corrected chi connectivity index (χ1v) is 10.6. The third-order valence-corrected chi connectivity index (χ3v) is 5.19. The van der Waals surface area contributed by atoms with Crippen molar-refractivity contribution in [2.45, 2.75) is 25.8 Å². The summed E-state index contributed by atoms with van der Waals surface area (Å²) in [5.41, 5.74) is 2.12. The summed E-state index contributed by atoms with van der Waals surface area (Å²) in [4.78, 5) is 38.4. The average Bonchev–Trinajstić information content (AvgIpc) is 2.82. The summed E-state index contributed by atoms with van der Waals surface area (Å²) in [5, 5.41) is 2.85. The van der Waals surface area contributed by atoms with E-state index in [1.165, 1.54) is 0 Å². The second-order valence-corrected chi connectivity index (χ2v) is 7.88. The summed E-state index contributed by atoms with van der Waals surface area (Å²) in [6, 6.07) is 26.6. The van der Waals surface area contributed by atoms with Crippen LogP contribution < -0.4 is 5.32 Å². The highest BCUT2D eigenvalue weighted by molar-refractivity contribution is 5.98. The molecular weight excluding hydrogens is 402 g/mol. The summed E-state index contributed by atoms with van der Waals surface area (Å²) in [6.07, 6.45) is 0. The van der Waals surface area contributed by atoms with Crippen LogP contribution in [0.4, 0.5) is 0 Å². The molecule has 0 saturated heterocycles. The van der Waals surface area contributed by atoms with Gasteiger partial charge in [0.15, 0.2) is 12.4 Å². The lowest BCUT2D eigenvalue weighted by molar-refractivity contribution is -0.148. The van der Waals surface area contributed by atoms with Crippen LogP contribution in [0, 0.1) is 5.92 Å². The van der Waals surface area contributed by atoms with Gasteiger partial charge >= 0.3 is 5.97 Å². The Balaban J connectivity index is 1.74. The molecule has 32 heavy (non-hydrogen) atoms. The van der Waals surface area contributed by atoms with Crippen molar-refractivity contribution in [1.29, 1.82) is 0 Å². The normalized spacial score (nSPS) is 11.8. The first kappa shape index (κ1) is 22.9. The van der Waals surface area contributed by atoms with Gasteiger partial charge in [0.25, 0.3) is 0 Å². The van der Waals surface area contributed by atoms with E-state index in [1.54, 1.807) is 24.3 Å². The third kappa shape index (κ3) is 5.91. The number of benzene rings is 3. The molecule has 1 unspecified atom stereocenters. The highest BCUT2D eigenvalue weighted by Gasteiger charge is 2.31. The molecule has 3 aromatic rings. The van der Waals surface area contributed by atoms with Crippen molar-refractivity contribution in [2.75, 3.05) is 6.61 Å². The SMILES string of the molecule is CC(C)C(NC(=O)C(c1ccccc1)c1ccccc1)C(=O)OCC(=O)c1ccccc1. The Morgan fingerprint density at radius 2 is 1.22 bits per heavy atom. The largest absolute Gasteiger partial charge is 0.456 e. The van der Waals surface area contributed by atoms with Crippen molar-refractivity contribution in [1.82, 2.24) is 5.32 Å². The molecular formula is C27H27NO4. The molecule has 1 atom stereocenters. The molecule has 0 radical (unpaired) electrons. The van der Waals surface area contributed by atoms with E-state index in [-0.39, 0.29) is 24.2 Å². The Hall–Kier alpha value is -3.73. The van der Waals surface area contributed by atoms with Crippen LogP contribution >= 0.6 is 0 Å². The van der Waals surface area contributed by atoms with Crippen molar-refractivity contribution >= 4 is 17.7 Å². The highest BCUT2D eigenvalue weighted by Crippen LogP contribution is 2.25. The van der Waals surface area contributed by atoms with E-state index in [2.05, 4.69) is 5.32 Å². The zero-order chi connectivity index (χ0) is 22.9. The first-order chi connectivity index (χ1) is 15.5. The van der Waals surface area contributed by atoms with Crippen molar-refractivity contribution in [2.24, 2.45) is 5.92 Å². The fraction of sp³-hybridized carbons (Fsp3) is 0.222. The number of amides is 1. The topological polar surface area (TPSA) is 72.5 Å². The summed E-state index contributed by atoms with van der Waals surface area (Å²) in [5.74, 6) is -2.01. The molecule has 3 rings (SSSR count). The van der Waals surface area contributed by atoms with Crippen molar-refractivity contribution in [3.05, 3.63) is 108 Å². The number of ketones is 1. The molecule has 1 N–H and O–H groups in total. The lowest BCUT2D eigenvalue weighted by Crippen LogP contribution is -2.47. The van der Waals surface area contributed by atoms with Gasteiger partial charge in [-0.15, -0.1) is 0 Å². The molecule has 0 aromatic heterocycles. The van der Waals surface area contributed by atoms with Crippen molar-refractivity contribution in [3.8, 4) is 0 Å². The maximum atomic E-state index is 13.3. The predicted molar refractivity (Wildman–Crippen MR) is 123 cm³/mol. The fourth-order valence-electron chi connectivity index (χ4n) is 3.45. The molecule has 5 heteroatoms. The molecule has 0 fully saturated rings. The Morgan fingerprint density at radius 3 is 1.69 bits per heavy atom. The third-order valence-electron chi connectivity index (χ3n) is 5.19. The van der Waals surface area contributed by atoms with E-state index in [0.29, 0.717) is 5.56 Å². The lowest BCUT2D eigenvalue weighted by Gasteiger charge is -2.24. The molecule has 0 aliphatic carbocycles. The maximum absolute atomic E-state index is 13.3. The van der Waals surface area contributed by atoms with Gasteiger partial charge in [0.1, 0.15) is 6.04 Å². The number of rotatable bonds is 9. The minimum atomic E-state index is -0.874. The van der Waals surface area contributed by atoms with Crippen molar-refractivity contribution in [3.63, 3.8) is 0 Å². The number of Topliss-reactive ketones (excluding diaryl/α,β-unsaturated/α-hetero) is 1.